The van der Waals surface area contributed by atoms with E-state index in [-0.39, 0.29) is 23.5 Å². The fraction of sp³-hybridized carbons (Fsp3) is 0.600. The van der Waals surface area contributed by atoms with Gasteiger partial charge in [-0.15, -0.1) is 0 Å². The topological polar surface area (TPSA) is 74.6 Å². The minimum atomic E-state index is -3.22. The Morgan fingerprint density at radius 1 is 1.00 bits per heavy atom. The molecule has 5 heteroatoms. The molecule has 4 aliphatic carbocycles. The van der Waals surface area contributed by atoms with Gasteiger partial charge in [-0.1, -0.05) is 30.7 Å². The molecule has 5 rings (SSSR count). The van der Waals surface area contributed by atoms with Crippen LogP contribution in [-0.4, -0.2) is 37.1 Å². The Hall–Kier alpha value is -1.43. The van der Waals surface area contributed by atoms with Gasteiger partial charge in [-0.3, -0.25) is 0 Å². The SMILES string of the molecule is C[C@]12C[C@H](c3ccc(S(C)(=O)=O)cc3)C3=C4CC[C@@H](O)C=C4CC[C@H]3[C@@H]1CC[C@@H]2O. The summed E-state index contributed by atoms with van der Waals surface area (Å²) in [6.45, 7) is 2.27. The normalized spacial score (nSPS) is 38.5. The predicted octanol–water partition coefficient (Wildman–Crippen LogP) is 4.14. The van der Waals surface area contributed by atoms with Gasteiger partial charge in [0.15, 0.2) is 9.84 Å². The Balaban J connectivity index is 1.64. The number of benzene rings is 1. The van der Waals surface area contributed by atoms with E-state index in [0.717, 1.165) is 50.5 Å². The summed E-state index contributed by atoms with van der Waals surface area (Å²) in [5, 5.41) is 21.1. The number of fused-ring (bicyclic) bond motifs is 4. The van der Waals surface area contributed by atoms with Gasteiger partial charge < -0.3 is 10.2 Å². The maximum Gasteiger partial charge on any atom is 0.175 e. The van der Waals surface area contributed by atoms with Crippen LogP contribution in [0.15, 0.2) is 52.0 Å². The van der Waals surface area contributed by atoms with Crippen LogP contribution in [-0.2, 0) is 9.84 Å². The third kappa shape index (κ3) is 3.12. The first-order chi connectivity index (χ1) is 14.2. The van der Waals surface area contributed by atoms with Gasteiger partial charge in [0.05, 0.1) is 17.1 Å². The highest BCUT2D eigenvalue weighted by atomic mass is 32.2. The van der Waals surface area contributed by atoms with Gasteiger partial charge in [-0.2, -0.15) is 0 Å². The van der Waals surface area contributed by atoms with Crippen LogP contribution < -0.4 is 0 Å². The maximum atomic E-state index is 11.9. The van der Waals surface area contributed by atoms with Crippen molar-refractivity contribution in [3.05, 3.63) is 52.6 Å². The van der Waals surface area contributed by atoms with E-state index < -0.39 is 9.84 Å². The van der Waals surface area contributed by atoms with Crippen LogP contribution in [0.1, 0.15) is 63.4 Å². The largest absolute Gasteiger partial charge is 0.393 e. The number of rotatable bonds is 2. The van der Waals surface area contributed by atoms with Gasteiger partial charge in [0, 0.05) is 12.2 Å². The Morgan fingerprint density at radius 2 is 1.73 bits per heavy atom. The lowest BCUT2D eigenvalue weighted by Crippen LogP contribution is -2.45. The van der Waals surface area contributed by atoms with Crippen molar-refractivity contribution < 1.29 is 18.6 Å². The van der Waals surface area contributed by atoms with E-state index in [1.165, 1.54) is 23.0 Å². The van der Waals surface area contributed by atoms with E-state index in [2.05, 4.69) is 13.0 Å². The van der Waals surface area contributed by atoms with Crippen molar-refractivity contribution in [3.8, 4) is 0 Å². The zero-order valence-corrected chi connectivity index (χ0v) is 18.7. The summed E-state index contributed by atoms with van der Waals surface area (Å²) in [6.07, 6.45) is 9.36. The lowest BCUT2D eigenvalue weighted by molar-refractivity contribution is -0.00311. The highest BCUT2D eigenvalue weighted by molar-refractivity contribution is 7.90. The number of sulfone groups is 1. The third-order valence-corrected chi connectivity index (χ3v) is 9.65. The van der Waals surface area contributed by atoms with E-state index in [1.54, 1.807) is 12.1 Å². The van der Waals surface area contributed by atoms with Gasteiger partial charge in [0.2, 0.25) is 0 Å². The number of hydrogen-bond acceptors (Lipinski definition) is 4. The molecule has 0 aliphatic heterocycles. The summed E-state index contributed by atoms with van der Waals surface area (Å²) in [5.41, 5.74) is 5.34. The van der Waals surface area contributed by atoms with E-state index in [0.29, 0.717) is 16.7 Å². The van der Waals surface area contributed by atoms with Crippen molar-refractivity contribution >= 4 is 9.84 Å². The van der Waals surface area contributed by atoms with Gasteiger partial charge in [0.25, 0.3) is 0 Å². The molecular weight excluding hydrogens is 396 g/mol. The second-order valence-electron chi connectivity index (χ2n) is 10.2. The van der Waals surface area contributed by atoms with Crippen LogP contribution in [0.5, 0.6) is 0 Å². The lowest BCUT2D eigenvalue weighted by atomic mass is 9.53. The summed E-state index contributed by atoms with van der Waals surface area (Å²) in [5.74, 6) is 1.18. The molecule has 1 aromatic rings. The molecule has 2 fully saturated rings. The van der Waals surface area contributed by atoms with Crippen molar-refractivity contribution in [2.75, 3.05) is 6.26 Å². The Labute approximate surface area is 179 Å². The monoisotopic (exact) mass is 428 g/mol. The van der Waals surface area contributed by atoms with Gasteiger partial charge >= 0.3 is 0 Å². The molecule has 30 heavy (non-hydrogen) atoms. The molecule has 162 valence electrons. The maximum absolute atomic E-state index is 11.9. The quantitative estimate of drug-likeness (QED) is 0.742. The van der Waals surface area contributed by atoms with Crippen molar-refractivity contribution in [1.29, 1.82) is 0 Å². The van der Waals surface area contributed by atoms with Crippen molar-refractivity contribution in [2.24, 2.45) is 17.3 Å². The fourth-order valence-corrected chi connectivity index (χ4v) is 7.63. The number of hydrogen-bond donors (Lipinski definition) is 2. The standard InChI is InChI=1S/C25H32O4S/c1-25-14-21(15-3-7-18(8-4-15)30(2,28)29)24-19-10-6-17(26)13-16(19)5-9-20(24)22(25)11-12-23(25)27/h3-4,7-8,13,17,20-23,26-27H,5-6,9-12,14H2,1-2H3/t17-,20+,21-,22+,23+,25+/m1/s1. The van der Waals surface area contributed by atoms with Crippen LogP contribution in [0, 0.1) is 17.3 Å². The van der Waals surface area contributed by atoms with E-state index >= 15 is 0 Å². The molecular formula is C25H32O4S. The second kappa shape index (κ2) is 7.04. The molecule has 2 saturated carbocycles. The first-order valence-corrected chi connectivity index (χ1v) is 13.2. The molecule has 1 aromatic carbocycles. The van der Waals surface area contributed by atoms with Crippen LogP contribution in [0.4, 0.5) is 0 Å². The predicted molar refractivity (Wildman–Crippen MR) is 117 cm³/mol. The van der Waals surface area contributed by atoms with Crippen molar-refractivity contribution in [1.82, 2.24) is 0 Å². The first kappa shape index (κ1) is 20.5. The number of aliphatic hydroxyl groups is 2. The molecule has 6 atom stereocenters. The lowest BCUT2D eigenvalue weighted by Gasteiger charge is -2.52. The van der Waals surface area contributed by atoms with E-state index in [9.17, 15) is 18.6 Å². The Morgan fingerprint density at radius 3 is 2.43 bits per heavy atom. The molecule has 0 heterocycles. The fourth-order valence-electron chi connectivity index (χ4n) is 7.00. The first-order valence-electron chi connectivity index (χ1n) is 11.3. The average Bonchev–Trinajstić information content (AvgIpc) is 3.01. The molecule has 0 spiro atoms. The highest BCUT2D eigenvalue weighted by Gasteiger charge is 2.56. The third-order valence-electron chi connectivity index (χ3n) is 8.52. The summed E-state index contributed by atoms with van der Waals surface area (Å²) in [7, 11) is -3.22. The van der Waals surface area contributed by atoms with Crippen LogP contribution in [0.25, 0.3) is 0 Å². The molecule has 0 radical (unpaired) electrons. The summed E-state index contributed by atoms with van der Waals surface area (Å²) < 4.78 is 23.9. The van der Waals surface area contributed by atoms with E-state index in [1.807, 2.05) is 12.1 Å². The minimum Gasteiger partial charge on any atom is -0.393 e. The molecule has 0 unspecified atom stereocenters. The summed E-state index contributed by atoms with van der Waals surface area (Å²) in [4.78, 5) is 0.353. The number of aliphatic hydroxyl groups excluding tert-OH is 2. The molecule has 0 aromatic heterocycles. The molecule has 0 saturated heterocycles. The Kier molecular flexibility index (Phi) is 4.81. The van der Waals surface area contributed by atoms with E-state index in [4.69, 9.17) is 0 Å². The van der Waals surface area contributed by atoms with Gasteiger partial charge in [-0.05, 0) is 91.0 Å². The summed E-state index contributed by atoms with van der Waals surface area (Å²) in [6, 6.07) is 7.42. The highest BCUT2D eigenvalue weighted by Crippen LogP contribution is 2.63. The molecule has 0 amide bonds. The average molecular weight is 429 g/mol. The van der Waals surface area contributed by atoms with Crippen LogP contribution >= 0.6 is 0 Å². The van der Waals surface area contributed by atoms with Crippen molar-refractivity contribution in [3.63, 3.8) is 0 Å². The van der Waals surface area contributed by atoms with Crippen LogP contribution in [0.3, 0.4) is 0 Å². The Bertz CT molecular complexity index is 1020. The minimum absolute atomic E-state index is 0.0930. The smallest absolute Gasteiger partial charge is 0.175 e. The molecule has 4 nitrogen and oxygen atoms in total. The van der Waals surface area contributed by atoms with Gasteiger partial charge in [0.1, 0.15) is 0 Å². The zero-order chi connectivity index (χ0) is 21.3. The second-order valence-corrected chi connectivity index (χ2v) is 12.2. The number of allylic oxidation sites excluding steroid dienone is 3. The van der Waals surface area contributed by atoms with Crippen LogP contribution in [0.2, 0.25) is 0 Å². The van der Waals surface area contributed by atoms with Crippen molar-refractivity contribution in [2.45, 2.75) is 74.9 Å². The summed E-state index contributed by atoms with van der Waals surface area (Å²) >= 11 is 0. The molecule has 0 bridgehead atoms. The zero-order valence-electron chi connectivity index (χ0n) is 17.8. The molecule has 2 N–H and O–H groups in total. The van der Waals surface area contributed by atoms with Gasteiger partial charge in [-0.25, -0.2) is 8.42 Å². The molecule has 4 aliphatic rings.